The van der Waals surface area contributed by atoms with Crippen LogP contribution in [0, 0.1) is 5.92 Å². The van der Waals surface area contributed by atoms with Crippen molar-refractivity contribution in [2.45, 2.75) is 32.7 Å². The Labute approximate surface area is 92.2 Å². The highest BCUT2D eigenvalue weighted by molar-refractivity contribution is 7.87. The van der Waals surface area contributed by atoms with E-state index in [1.807, 2.05) is 0 Å². The van der Waals surface area contributed by atoms with Crippen molar-refractivity contribution in [3.63, 3.8) is 0 Å². The lowest BCUT2D eigenvalue weighted by molar-refractivity contribution is 0.284. The zero-order valence-corrected chi connectivity index (χ0v) is 10.3. The molecular formula is C9H21N3O2S. The van der Waals surface area contributed by atoms with Crippen LogP contribution >= 0.6 is 0 Å². The van der Waals surface area contributed by atoms with E-state index in [0.717, 1.165) is 12.8 Å². The number of piperidine rings is 1. The fraction of sp³-hybridized carbons (Fsp3) is 1.00. The zero-order chi connectivity index (χ0) is 11.5. The summed E-state index contributed by atoms with van der Waals surface area (Å²) in [6.07, 6.45) is 1.88. The normalized spacial score (nSPS) is 22.9. The quantitative estimate of drug-likeness (QED) is 0.714. The molecule has 0 saturated carbocycles. The van der Waals surface area contributed by atoms with Crippen LogP contribution in [0.2, 0.25) is 0 Å². The Balaban J connectivity index is 2.54. The van der Waals surface area contributed by atoms with Gasteiger partial charge in [-0.05, 0) is 25.7 Å². The lowest BCUT2D eigenvalue weighted by Gasteiger charge is -2.30. The molecule has 0 aromatic rings. The first-order chi connectivity index (χ1) is 6.95. The summed E-state index contributed by atoms with van der Waals surface area (Å²) >= 11 is 0. The fourth-order valence-electron chi connectivity index (χ4n) is 1.60. The second kappa shape index (κ2) is 5.25. The van der Waals surface area contributed by atoms with Crippen molar-refractivity contribution < 1.29 is 8.42 Å². The molecule has 0 aliphatic carbocycles. The molecule has 3 N–H and O–H groups in total. The maximum atomic E-state index is 11.8. The van der Waals surface area contributed by atoms with E-state index >= 15 is 0 Å². The van der Waals surface area contributed by atoms with Gasteiger partial charge < -0.3 is 5.73 Å². The van der Waals surface area contributed by atoms with Crippen LogP contribution in [-0.4, -0.2) is 38.4 Å². The van der Waals surface area contributed by atoms with Gasteiger partial charge in [0.05, 0.1) is 0 Å². The topological polar surface area (TPSA) is 75.4 Å². The van der Waals surface area contributed by atoms with Crippen LogP contribution in [-0.2, 0) is 10.2 Å². The fourth-order valence-corrected chi connectivity index (χ4v) is 3.05. The predicted octanol–water partition coefficient (Wildman–Crippen LogP) is -0.100. The van der Waals surface area contributed by atoms with E-state index in [-0.39, 0.29) is 6.04 Å². The van der Waals surface area contributed by atoms with Crippen LogP contribution in [0.25, 0.3) is 0 Å². The average Bonchev–Trinajstić information content (AvgIpc) is 2.17. The molecule has 1 aliphatic heterocycles. The number of rotatable bonds is 4. The van der Waals surface area contributed by atoms with Crippen LogP contribution < -0.4 is 10.5 Å². The van der Waals surface area contributed by atoms with E-state index in [0.29, 0.717) is 25.6 Å². The second-order valence-electron chi connectivity index (χ2n) is 4.34. The van der Waals surface area contributed by atoms with Crippen molar-refractivity contribution in [1.29, 1.82) is 0 Å². The molecule has 0 amide bonds. The van der Waals surface area contributed by atoms with Crippen molar-refractivity contribution in [1.82, 2.24) is 9.03 Å². The van der Waals surface area contributed by atoms with Crippen molar-refractivity contribution in [3.05, 3.63) is 0 Å². The first-order valence-corrected chi connectivity index (χ1v) is 6.87. The van der Waals surface area contributed by atoms with Gasteiger partial charge in [-0.3, -0.25) is 0 Å². The number of nitrogens with one attached hydrogen (secondary N) is 1. The molecule has 0 bridgehead atoms. The highest BCUT2D eigenvalue weighted by atomic mass is 32.2. The molecule has 0 radical (unpaired) electrons. The van der Waals surface area contributed by atoms with Gasteiger partial charge in [-0.25, -0.2) is 0 Å². The summed E-state index contributed by atoms with van der Waals surface area (Å²) in [6, 6.07) is -0.200. The lowest BCUT2D eigenvalue weighted by Crippen LogP contribution is -2.49. The molecule has 1 rings (SSSR count). The Kier molecular flexibility index (Phi) is 4.51. The van der Waals surface area contributed by atoms with Gasteiger partial charge in [-0.1, -0.05) is 6.92 Å². The van der Waals surface area contributed by atoms with Gasteiger partial charge in [-0.15, -0.1) is 0 Å². The number of nitrogens with zero attached hydrogens (tertiary/aromatic N) is 1. The summed E-state index contributed by atoms with van der Waals surface area (Å²) in [6.45, 7) is 5.48. The molecule has 1 aliphatic rings. The first kappa shape index (κ1) is 12.9. The third-order valence-electron chi connectivity index (χ3n) is 2.79. The van der Waals surface area contributed by atoms with Crippen LogP contribution in [0.4, 0.5) is 0 Å². The van der Waals surface area contributed by atoms with Crippen molar-refractivity contribution in [2.24, 2.45) is 11.7 Å². The SMILES string of the molecule is CC1CCN(S(=O)(=O)N[C@@H](C)CN)CC1. The van der Waals surface area contributed by atoms with Gasteiger partial charge in [0.1, 0.15) is 0 Å². The van der Waals surface area contributed by atoms with Crippen LogP contribution in [0.5, 0.6) is 0 Å². The predicted molar refractivity (Wildman–Crippen MR) is 60.5 cm³/mol. The molecular weight excluding hydrogens is 214 g/mol. The minimum Gasteiger partial charge on any atom is -0.329 e. The van der Waals surface area contributed by atoms with Gasteiger partial charge in [-0.2, -0.15) is 17.4 Å². The highest BCUT2D eigenvalue weighted by Crippen LogP contribution is 2.17. The van der Waals surface area contributed by atoms with Crippen molar-refractivity contribution >= 4 is 10.2 Å². The molecule has 1 heterocycles. The first-order valence-electron chi connectivity index (χ1n) is 5.43. The molecule has 0 aromatic carbocycles. The third-order valence-corrected chi connectivity index (χ3v) is 4.53. The summed E-state index contributed by atoms with van der Waals surface area (Å²) in [4.78, 5) is 0. The van der Waals surface area contributed by atoms with Gasteiger partial charge in [0.2, 0.25) is 0 Å². The molecule has 1 atom stereocenters. The van der Waals surface area contributed by atoms with Crippen LogP contribution in [0.15, 0.2) is 0 Å². The van der Waals surface area contributed by atoms with E-state index in [4.69, 9.17) is 5.73 Å². The van der Waals surface area contributed by atoms with Crippen LogP contribution in [0.1, 0.15) is 26.7 Å². The van der Waals surface area contributed by atoms with E-state index in [2.05, 4.69) is 11.6 Å². The number of nitrogens with two attached hydrogens (primary N) is 1. The summed E-state index contributed by atoms with van der Waals surface area (Å²) in [5.41, 5.74) is 5.39. The molecule has 5 nitrogen and oxygen atoms in total. The average molecular weight is 235 g/mol. The summed E-state index contributed by atoms with van der Waals surface area (Å²) in [7, 11) is -3.31. The minimum absolute atomic E-state index is 0.200. The molecule has 0 spiro atoms. The Bertz CT molecular complexity index is 284. The third kappa shape index (κ3) is 3.71. The Morgan fingerprint density at radius 1 is 1.47 bits per heavy atom. The smallest absolute Gasteiger partial charge is 0.279 e. The van der Waals surface area contributed by atoms with E-state index in [1.165, 1.54) is 4.31 Å². The molecule has 0 aromatic heterocycles. The zero-order valence-electron chi connectivity index (χ0n) is 9.44. The summed E-state index contributed by atoms with van der Waals surface area (Å²) < 4.78 is 27.7. The van der Waals surface area contributed by atoms with Gasteiger partial charge >= 0.3 is 0 Å². The largest absolute Gasteiger partial charge is 0.329 e. The Morgan fingerprint density at radius 2 is 2.00 bits per heavy atom. The standard InChI is InChI=1S/C9H21N3O2S/c1-8-3-5-12(6-4-8)15(13,14)11-9(2)7-10/h8-9,11H,3-7,10H2,1-2H3/t9-/m0/s1. The second-order valence-corrected chi connectivity index (χ2v) is 6.04. The summed E-state index contributed by atoms with van der Waals surface area (Å²) in [5.74, 6) is 0.628. The van der Waals surface area contributed by atoms with Gasteiger partial charge in [0.15, 0.2) is 0 Å². The molecule has 90 valence electrons. The highest BCUT2D eigenvalue weighted by Gasteiger charge is 2.26. The molecule has 0 unspecified atom stereocenters. The Morgan fingerprint density at radius 3 is 2.47 bits per heavy atom. The summed E-state index contributed by atoms with van der Waals surface area (Å²) in [5, 5.41) is 0. The van der Waals surface area contributed by atoms with Gasteiger partial charge in [0, 0.05) is 25.7 Å². The molecule has 6 heteroatoms. The van der Waals surface area contributed by atoms with Crippen LogP contribution in [0.3, 0.4) is 0 Å². The molecule has 15 heavy (non-hydrogen) atoms. The number of hydrogen-bond donors (Lipinski definition) is 2. The maximum Gasteiger partial charge on any atom is 0.279 e. The van der Waals surface area contributed by atoms with E-state index < -0.39 is 10.2 Å². The molecule has 1 saturated heterocycles. The Hall–Kier alpha value is -0.170. The lowest BCUT2D eigenvalue weighted by atomic mass is 10.0. The van der Waals surface area contributed by atoms with E-state index in [9.17, 15) is 8.42 Å². The van der Waals surface area contributed by atoms with Crippen molar-refractivity contribution in [2.75, 3.05) is 19.6 Å². The number of hydrogen-bond acceptors (Lipinski definition) is 3. The molecule has 1 fully saturated rings. The minimum atomic E-state index is -3.31. The monoisotopic (exact) mass is 235 g/mol. The van der Waals surface area contributed by atoms with Gasteiger partial charge in [0.25, 0.3) is 10.2 Å². The maximum absolute atomic E-state index is 11.8. The van der Waals surface area contributed by atoms with E-state index in [1.54, 1.807) is 6.92 Å². The van der Waals surface area contributed by atoms with Crippen molar-refractivity contribution in [3.8, 4) is 0 Å².